The van der Waals surface area contributed by atoms with Crippen molar-refractivity contribution < 1.29 is 9.53 Å². The second kappa shape index (κ2) is 7.13. The van der Waals surface area contributed by atoms with E-state index in [0.29, 0.717) is 28.8 Å². The summed E-state index contributed by atoms with van der Waals surface area (Å²) in [5.74, 6) is 0.578. The Bertz CT molecular complexity index is 447. The summed E-state index contributed by atoms with van der Waals surface area (Å²) in [4.78, 5) is 11.9. The first-order chi connectivity index (χ1) is 9.18. The second-order valence-electron chi connectivity index (χ2n) is 4.73. The molecule has 0 atom stereocenters. The van der Waals surface area contributed by atoms with Crippen LogP contribution in [0.4, 0.5) is 0 Å². The normalized spacial score (nSPS) is 14.4. The van der Waals surface area contributed by atoms with Gasteiger partial charge >= 0.3 is 0 Å². The van der Waals surface area contributed by atoms with E-state index in [-0.39, 0.29) is 5.91 Å². The Balaban J connectivity index is 1.67. The molecule has 2 rings (SSSR count). The molecule has 5 heteroatoms. The monoisotopic (exact) mass is 301 g/mol. The van der Waals surface area contributed by atoms with Gasteiger partial charge < -0.3 is 10.1 Å². The van der Waals surface area contributed by atoms with Crippen molar-refractivity contribution in [2.24, 2.45) is 5.92 Å². The van der Waals surface area contributed by atoms with Gasteiger partial charge in [-0.2, -0.15) is 0 Å². The van der Waals surface area contributed by atoms with Crippen molar-refractivity contribution in [3.63, 3.8) is 0 Å². The number of hydrogen-bond acceptors (Lipinski definition) is 2. The lowest BCUT2D eigenvalue weighted by Crippen LogP contribution is -2.25. The Morgan fingerprint density at radius 1 is 1.37 bits per heavy atom. The first-order valence-corrected chi connectivity index (χ1v) is 7.24. The largest absolute Gasteiger partial charge is 0.381 e. The van der Waals surface area contributed by atoms with E-state index in [1.54, 1.807) is 18.2 Å². The molecule has 0 spiro atoms. The van der Waals surface area contributed by atoms with Gasteiger partial charge in [0.25, 0.3) is 5.91 Å². The van der Waals surface area contributed by atoms with E-state index in [2.05, 4.69) is 5.32 Å². The van der Waals surface area contributed by atoms with E-state index in [9.17, 15) is 4.79 Å². The number of carbonyl (C=O) groups is 1. The number of hydrogen-bond donors (Lipinski definition) is 1. The Morgan fingerprint density at radius 2 is 2.16 bits per heavy atom. The van der Waals surface area contributed by atoms with Gasteiger partial charge in [-0.1, -0.05) is 29.3 Å². The predicted octanol–water partition coefficient (Wildman–Crippen LogP) is 3.54. The summed E-state index contributed by atoms with van der Waals surface area (Å²) < 4.78 is 5.49. The molecule has 0 radical (unpaired) electrons. The van der Waals surface area contributed by atoms with Crippen molar-refractivity contribution in [2.75, 3.05) is 19.8 Å². The molecular weight excluding hydrogens is 285 g/mol. The summed E-state index contributed by atoms with van der Waals surface area (Å²) in [5, 5.41) is 3.50. The van der Waals surface area contributed by atoms with Crippen LogP contribution in [0, 0.1) is 5.92 Å². The van der Waals surface area contributed by atoms with Crippen LogP contribution in [0.25, 0.3) is 0 Å². The lowest BCUT2D eigenvalue weighted by molar-refractivity contribution is 0.0937. The van der Waals surface area contributed by atoms with Crippen LogP contribution >= 0.6 is 23.2 Å². The minimum absolute atomic E-state index is 0.199. The molecule has 0 aromatic heterocycles. The van der Waals surface area contributed by atoms with Crippen LogP contribution in [0.3, 0.4) is 0 Å². The Labute approximate surface area is 123 Å². The lowest BCUT2D eigenvalue weighted by atomic mass is 10.2. The van der Waals surface area contributed by atoms with Crippen LogP contribution in [0.1, 0.15) is 29.6 Å². The quantitative estimate of drug-likeness (QED) is 0.782. The van der Waals surface area contributed by atoms with Crippen molar-refractivity contribution in [1.29, 1.82) is 0 Å². The van der Waals surface area contributed by atoms with Crippen LogP contribution in [0.2, 0.25) is 10.0 Å². The summed E-state index contributed by atoms with van der Waals surface area (Å²) in [6.07, 6.45) is 3.39. The summed E-state index contributed by atoms with van der Waals surface area (Å²) in [7, 11) is 0. The first-order valence-electron chi connectivity index (χ1n) is 6.48. The van der Waals surface area contributed by atoms with Gasteiger partial charge in [0.15, 0.2) is 0 Å². The number of ether oxygens (including phenoxy) is 1. The minimum Gasteiger partial charge on any atom is -0.381 e. The minimum atomic E-state index is -0.199. The van der Waals surface area contributed by atoms with Crippen molar-refractivity contribution in [2.45, 2.75) is 19.3 Å². The van der Waals surface area contributed by atoms with Gasteiger partial charge in [0.1, 0.15) is 0 Å². The number of amides is 1. The summed E-state index contributed by atoms with van der Waals surface area (Å²) in [6.45, 7) is 2.11. The number of benzene rings is 1. The molecule has 0 saturated heterocycles. The van der Waals surface area contributed by atoms with E-state index < -0.39 is 0 Å². The van der Waals surface area contributed by atoms with Gasteiger partial charge in [0.05, 0.1) is 15.6 Å². The zero-order valence-electron chi connectivity index (χ0n) is 10.6. The van der Waals surface area contributed by atoms with Crippen molar-refractivity contribution >= 4 is 29.1 Å². The zero-order valence-corrected chi connectivity index (χ0v) is 12.1. The number of halogens is 2. The fourth-order valence-corrected chi connectivity index (χ4v) is 2.07. The molecule has 1 aromatic carbocycles. The van der Waals surface area contributed by atoms with Crippen molar-refractivity contribution in [1.82, 2.24) is 5.32 Å². The van der Waals surface area contributed by atoms with E-state index in [1.165, 1.54) is 12.8 Å². The Kier molecular flexibility index (Phi) is 5.49. The van der Waals surface area contributed by atoms with Crippen LogP contribution in [-0.4, -0.2) is 25.7 Å². The SMILES string of the molecule is O=C(NCCCOCC1CC1)c1cccc(Cl)c1Cl. The van der Waals surface area contributed by atoms with Gasteiger partial charge in [0, 0.05) is 19.8 Å². The molecule has 0 aliphatic heterocycles. The van der Waals surface area contributed by atoms with Crippen LogP contribution < -0.4 is 5.32 Å². The molecular formula is C14H17Cl2NO2. The average molecular weight is 302 g/mol. The molecule has 104 valence electrons. The fraction of sp³-hybridized carbons (Fsp3) is 0.500. The van der Waals surface area contributed by atoms with Gasteiger partial charge in [-0.3, -0.25) is 4.79 Å². The molecule has 0 unspecified atom stereocenters. The Morgan fingerprint density at radius 3 is 2.89 bits per heavy atom. The molecule has 0 bridgehead atoms. The average Bonchev–Trinajstić information content (AvgIpc) is 3.20. The highest BCUT2D eigenvalue weighted by Gasteiger charge is 2.20. The van der Waals surface area contributed by atoms with E-state index in [4.69, 9.17) is 27.9 Å². The summed E-state index contributed by atoms with van der Waals surface area (Å²) in [6, 6.07) is 5.03. The number of rotatable bonds is 7. The molecule has 1 amide bonds. The summed E-state index contributed by atoms with van der Waals surface area (Å²) in [5.41, 5.74) is 0.410. The molecule has 19 heavy (non-hydrogen) atoms. The van der Waals surface area contributed by atoms with Crippen molar-refractivity contribution in [3.8, 4) is 0 Å². The van der Waals surface area contributed by atoms with Gasteiger partial charge in [-0.05, 0) is 37.3 Å². The third kappa shape index (κ3) is 4.68. The first kappa shape index (κ1) is 14.6. The number of carbonyl (C=O) groups excluding carboxylic acids is 1. The van der Waals surface area contributed by atoms with Crippen LogP contribution in [0.5, 0.6) is 0 Å². The molecule has 1 saturated carbocycles. The van der Waals surface area contributed by atoms with Crippen LogP contribution in [0.15, 0.2) is 18.2 Å². The molecule has 1 fully saturated rings. The molecule has 1 aromatic rings. The van der Waals surface area contributed by atoms with E-state index in [1.807, 2.05) is 0 Å². The smallest absolute Gasteiger partial charge is 0.252 e. The third-order valence-corrected chi connectivity index (χ3v) is 3.82. The van der Waals surface area contributed by atoms with E-state index >= 15 is 0 Å². The molecule has 0 heterocycles. The zero-order chi connectivity index (χ0) is 13.7. The van der Waals surface area contributed by atoms with Gasteiger partial charge in [-0.25, -0.2) is 0 Å². The standard InChI is InChI=1S/C14H17Cl2NO2/c15-12-4-1-3-11(13(12)16)14(18)17-7-2-8-19-9-10-5-6-10/h1,3-4,10H,2,5-9H2,(H,17,18). The van der Waals surface area contributed by atoms with E-state index in [0.717, 1.165) is 18.9 Å². The van der Waals surface area contributed by atoms with Crippen molar-refractivity contribution in [3.05, 3.63) is 33.8 Å². The maximum absolute atomic E-state index is 11.9. The molecule has 1 aliphatic rings. The third-order valence-electron chi connectivity index (χ3n) is 3.00. The molecule has 1 N–H and O–H groups in total. The topological polar surface area (TPSA) is 38.3 Å². The maximum Gasteiger partial charge on any atom is 0.252 e. The van der Waals surface area contributed by atoms with Crippen LogP contribution in [-0.2, 0) is 4.74 Å². The maximum atomic E-state index is 11.9. The highest BCUT2D eigenvalue weighted by molar-refractivity contribution is 6.43. The molecule has 1 aliphatic carbocycles. The molecule has 3 nitrogen and oxygen atoms in total. The van der Waals surface area contributed by atoms with Gasteiger partial charge in [-0.15, -0.1) is 0 Å². The highest BCUT2D eigenvalue weighted by Crippen LogP contribution is 2.28. The van der Waals surface area contributed by atoms with Gasteiger partial charge in [0.2, 0.25) is 0 Å². The highest BCUT2D eigenvalue weighted by atomic mass is 35.5. The summed E-state index contributed by atoms with van der Waals surface area (Å²) >= 11 is 11.8. The fourth-order valence-electron chi connectivity index (χ4n) is 1.69. The number of nitrogens with one attached hydrogen (secondary N) is 1. The Hall–Kier alpha value is -0.770. The second-order valence-corrected chi connectivity index (χ2v) is 5.51. The lowest BCUT2D eigenvalue weighted by Gasteiger charge is -2.08. The predicted molar refractivity (Wildman–Crippen MR) is 77.0 cm³/mol.